The highest BCUT2D eigenvalue weighted by molar-refractivity contribution is 6.08. The Hall–Kier alpha value is -1.75. The molecule has 0 saturated heterocycles. The van der Waals surface area contributed by atoms with Crippen LogP contribution in [-0.4, -0.2) is 12.9 Å². The third kappa shape index (κ3) is 3.32. The quantitative estimate of drug-likeness (QED) is 0.407. The second kappa shape index (κ2) is 6.73. The first-order chi connectivity index (χ1) is 6.77. The van der Waals surface area contributed by atoms with Crippen molar-refractivity contribution in [1.82, 2.24) is 0 Å². The number of Topliss-reactive ketones (excluding diaryl/α,β-unsaturated/α-hetero) is 1. The van der Waals surface area contributed by atoms with Crippen molar-refractivity contribution in [2.75, 3.05) is 7.11 Å². The van der Waals surface area contributed by atoms with Crippen molar-refractivity contribution in [2.24, 2.45) is 0 Å². The molecule has 0 spiro atoms. The average molecular weight is 190 g/mol. The maximum atomic E-state index is 10.9. The van der Waals surface area contributed by atoms with E-state index in [9.17, 15) is 4.79 Å². The Morgan fingerprint density at radius 2 is 1.79 bits per heavy atom. The fourth-order valence-electron chi connectivity index (χ4n) is 0.826. The molecule has 1 aromatic carbocycles. The van der Waals surface area contributed by atoms with Crippen LogP contribution in [0.2, 0.25) is 0 Å². The molecule has 0 bridgehead atoms. The summed E-state index contributed by atoms with van der Waals surface area (Å²) in [6.07, 6.45) is 4.94. The summed E-state index contributed by atoms with van der Waals surface area (Å²) in [4.78, 5) is 10.9. The van der Waals surface area contributed by atoms with Gasteiger partial charge >= 0.3 is 0 Å². The van der Waals surface area contributed by atoms with Crippen LogP contribution in [-0.2, 0) is 0 Å². The standard InChI is InChI=1S/C10H8O2.C2H6/c1-3-10(11)8-4-6-9(12-2)7-5-8;1-2/h1,4-7H,2H3;1-2H3. The molecular formula is C12H14O2. The summed E-state index contributed by atoms with van der Waals surface area (Å²) in [5, 5.41) is 0. The average Bonchev–Trinajstić information content (AvgIpc) is 2.31. The number of carbonyl (C=O) groups is 1. The van der Waals surface area contributed by atoms with Gasteiger partial charge in [-0.25, -0.2) is 0 Å². The Morgan fingerprint density at radius 1 is 1.29 bits per heavy atom. The molecule has 74 valence electrons. The summed E-state index contributed by atoms with van der Waals surface area (Å²) >= 11 is 0. The minimum atomic E-state index is -0.308. The predicted octanol–water partition coefficient (Wildman–Crippen LogP) is 2.54. The van der Waals surface area contributed by atoms with Gasteiger partial charge in [0.15, 0.2) is 0 Å². The second-order valence-corrected chi connectivity index (χ2v) is 2.20. The first kappa shape index (κ1) is 12.2. The molecule has 0 N–H and O–H groups in total. The minimum absolute atomic E-state index is 0.308. The summed E-state index contributed by atoms with van der Waals surface area (Å²) in [5.41, 5.74) is 0.512. The van der Waals surface area contributed by atoms with Crippen LogP contribution in [0, 0.1) is 12.3 Å². The fourth-order valence-corrected chi connectivity index (χ4v) is 0.826. The van der Waals surface area contributed by atoms with Crippen molar-refractivity contribution in [1.29, 1.82) is 0 Å². The Kier molecular flexibility index (Phi) is 5.89. The SMILES string of the molecule is C#CC(=O)c1ccc(OC)cc1.CC. The van der Waals surface area contributed by atoms with Gasteiger partial charge in [-0.15, -0.1) is 6.42 Å². The van der Waals surface area contributed by atoms with E-state index in [-0.39, 0.29) is 5.78 Å². The van der Waals surface area contributed by atoms with Gasteiger partial charge in [0.1, 0.15) is 5.75 Å². The number of benzene rings is 1. The van der Waals surface area contributed by atoms with Gasteiger partial charge in [-0.2, -0.15) is 0 Å². The van der Waals surface area contributed by atoms with Gasteiger partial charge in [0, 0.05) is 5.56 Å². The van der Waals surface area contributed by atoms with E-state index in [1.54, 1.807) is 31.4 Å². The van der Waals surface area contributed by atoms with Gasteiger partial charge in [-0.3, -0.25) is 4.79 Å². The third-order valence-electron chi connectivity index (χ3n) is 1.48. The van der Waals surface area contributed by atoms with Crippen LogP contribution in [0.25, 0.3) is 0 Å². The van der Waals surface area contributed by atoms with E-state index in [0.29, 0.717) is 11.3 Å². The summed E-state index contributed by atoms with van der Waals surface area (Å²) < 4.78 is 4.92. The Balaban J connectivity index is 0.000000791. The summed E-state index contributed by atoms with van der Waals surface area (Å²) in [5.74, 6) is 2.44. The molecule has 0 atom stereocenters. The van der Waals surface area contributed by atoms with Gasteiger partial charge < -0.3 is 4.74 Å². The van der Waals surface area contributed by atoms with Crippen LogP contribution < -0.4 is 4.74 Å². The van der Waals surface area contributed by atoms with Crippen molar-refractivity contribution >= 4 is 5.78 Å². The van der Waals surface area contributed by atoms with Crippen LogP contribution in [0.1, 0.15) is 24.2 Å². The van der Waals surface area contributed by atoms with E-state index < -0.39 is 0 Å². The highest BCUT2D eigenvalue weighted by Gasteiger charge is 2.00. The zero-order chi connectivity index (χ0) is 11.0. The molecule has 0 heterocycles. The molecule has 0 aliphatic heterocycles. The van der Waals surface area contributed by atoms with Crippen molar-refractivity contribution < 1.29 is 9.53 Å². The molecule has 2 heteroatoms. The molecule has 0 amide bonds. The molecular weight excluding hydrogens is 176 g/mol. The molecule has 0 aliphatic carbocycles. The Bertz CT molecular complexity index is 317. The molecule has 1 aromatic rings. The first-order valence-corrected chi connectivity index (χ1v) is 4.43. The lowest BCUT2D eigenvalue weighted by atomic mass is 10.1. The largest absolute Gasteiger partial charge is 0.497 e. The van der Waals surface area contributed by atoms with Crippen LogP contribution >= 0.6 is 0 Å². The number of methoxy groups -OCH3 is 1. The van der Waals surface area contributed by atoms with Gasteiger partial charge in [0.25, 0.3) is 0 Å². The predicted molar refractivity (Wildman–Crippen MR) is 57.5 cm³/mol. The molecule has 0 radical (unpaired) electrons. The van der Waals surface area contributed by atoms with Crippen molar-refractivity contribution in [3.05, 3.63) is 29.8 Å². The zero-order valence-electron chi connectivity index (χ0n) is 8.70. The van der Waals surface area contributed by atoms with Crippen LogP contribution in [0.3, 0.4) is 0 Å². The topological polar surface area (TPSA) is 26.3 Å². The molecule has 2 nitrogen and oxygen atoms in total. The number of hydrogen-bond acceptors (Lipinski definition) is 2. The van der Waals surface area contributed by atoms with Crippen LogP contribution in [0.4, 0.5) is 0 Å². The molecule has 0 unspecified atom stereocenters. The molecule has 0 saturated carbocycles. The monoisotopic (exact) mass is 190 g/mol. The van der Waals surface area contributed by atoms with Gasteiger partial charge in [-0.1, -0.05) is 13.8 Å². The van der Waals surface area contributed by atoms with E-state index in [4.69, 9.17) is 11.2 Å². The third-order valence-corrected chi connectivity index (χ3v) is 1.48. The number of terminal acetylenes is 1. The lowest BCUT2D eigenvalue weighted by molar-refractivity contribution is 0.105. The maximum absolute atomic E-state index is 10.9. The van der Waals surface area contributed by atoms with Crippen molar-refractivity contribution in [3.8, 4) is 18.1 Å². The summed E-state index contributed by atoms with van der Waals surface area (Å²) in [6, 6.07) is 6.68. The van der Waals surface area contributed by atoms with Crippen LogP contribution in [0.15, 0.2) is 24.3 Å². The summed E-state index contributed by atoms with van der Waals surface area (Å²) in [7, 11) is 1.57. The normalized spacial score (nSPS) is 7.86. The maximum Gasteiger partial charge on any atom is 0.235 e. The number of carbonyl (C=O) groups excluding carboxylic acids is 1. The summed E-state index contributed by atoms with van der Waals surface area (Å²) in [6.45, 7) is 4.00. The van der Waals surface area contributed by atoms with Crippen LogP contribution in [0.5, 0.6) is 5.75 Å². The van der Waals surface area contributed by atoms with E-state index in [0.717, 1.165) is 0 Å². The van der Waals surface area contributed by atoms with Gasteiger partial charge in [-0.05, 0) is 30.2 Å². The lowest BCUT2D eigenvalue weighted by Gasteiger charge is -1.98. The number of rotatable bonds is 2. The van der Waals surface area contributed by atoms with Crippen molar-refractivity contribution in [3.63, 3.8) is 0 Å². The van der Waals surface area contributed by atoms with Gasteiger partial charge in [0.05, 0.1) is 7.11 Å². The molecule has 1 rings (SSSR count). The van der Waals surface area contributed by atoms with Gasteiger partial charge in [0.2, 0.25) is 5.78 Å². The fraction of sp³-hybridized carbons (Fsp3) is 0.250. The minimum Gasteiger partial charge on any atom is -0.497 e. The number of ether oxygens (including phenoxy) is 1. The highest BCUT2D eigenvalue weighted by atomic mass is 16.5. The number of hydrogen-bond donors (Lipinski definition) is 0. The van der Waals surface area contributed by atoms with E-state index in [1.807, 2.05) is 19.8 Å². The zero-order valence-corrected chi connectivity index (χ0v) is 8.70. The van der Waals surface area contributed by atoms with E-state index in [2.05, 4.69) is 0 Å². The number of ketones is 1. The molecule has 14 heavy (non-hydrogen) atoms. The molecule has 0 aromatic heterocycles. The van der Waals surface area contributed by atoms with E-state index >= 15 is 0 Å². The lowest BCUT2D eigenvalue weighted by Crippen LogP contribution is -1.93. The van der Waals surface area contributed by atoms with E-state index in [1.165, 1.54) is 0 Å². The molecule has 0 fully saturated rings. The molecule has 0 aliphatic rings. The smallest absolute Gasteiger partial charge is 0.235 e. The Labute approximate surface area is 84.9 Å². The highest BCUT2D eigenvalue weighted by Crippen LogP contribution is 2.11. The Morgan fingerprint density at radius 3 is 2.14 bits per heavy atom. The van der Waals surface area contributed by atoms with Crippen molar-refractivity contribution in [2.45, 2.75) is 13.8 Å². The first-order valence-electron chi connectivity index (χ1n) is 4.43. The second-order valence-electron chi connectivity index (χ2n) is 2.20.